The second kappa shape index (κ2) is 7.75. The van der Waals surface area contributed by atoms with Gasteiger partial charge in [-0.1, -0.05) is 32.0 Å². The number of benzene rings is 2. The SMILES string of the molecule is CC1CCc2ccc(NC(=O)Cc3ccc(C(F)(F)F)cc3)cc2C[C@H]1C. The zero-order chi connectivity index (χ0) is 19.6. The molecule has 0 spiro atoms. The Hall–Kier alpha value is -2.30. The first-order chi connectivity index (χ1) is 12.7. The van der Waals surface area contributed by atoms with E-state index in [0.717, 1.165) is 30.7 Å². The van der Waals surface area contributed by atoms with Crippen LogP contribution in [0, 0.1) is 11.8 Å². The minimum absolute atomic E-state index is 0.0443. The summed E-state index contributed by atoms with van der Waals surface area (Å²) in [5.74, 6) is 1.05. The highest BCUT2D eigenvalue weighted by atomic mass is 19.4. The van der Waals surface area contributed by atoms with Gasteiger partial charge in [-0.2, -0.15) is 13.2 Å². The Morgan fingerprint density at radius 1 is 1.04 bits per heavy atom. The van der Waals surface area contributed by atoms with Crippen LogP contribution in [0.15, 0.2) is 42.5 Å². The van der Waals surface area contributed by atoms with E-state index in [9.17, 15) is 18.0 Å². The molecule has 27 heavy (non-hydrogen) atoms. The number of anilines is 1. The molecule has 1 aliphatic carbocycles. The van der Waals surface area contributed by atoms with Crippen molar-refractivity contribution in [2.45, 2.75) is 45.7 Å². The number of carbonyl (C=O) groups is 1. The van der Waals surface area contributed by atoms with Gasteiger partial charge in [0.15, 0.2) is 0 Å². The maximum Gasteiger partial charge on any atom is 0.416 e. The molecule has 2 atom stereocenters. The number of carbonyl (C=O) groups excluding carboxylic acids is 1. The summed E-state index contributed by atoms with van der Waals surface area (Å²) in [6, 6.07) is 10.7. The molecule has 144 valence electrons. The lowest BCUT2D eigenvalue weighted by molar-refractivity contribution is -0.137. The summed E-state index contributed by atoms with van der Waals surface area (Å²) in [5, 5.41) is 2.87. The summed E-state index contributed by atoms with van der Waals surface area (Å²) in [7, 11) is 0. The summed E-state index contributed by atoms with van der Waals surface area (Å²) in [6.45, 7) is 4.54. The molecule has 0 saturated heterocycles. The first-order valence-electron chi connectivity index (χ1n) is 9.30. The maximum atomic E-state index is 12.6. The van der Waals surface area contributed by atoms with Crippen LogP contribution in [0.4, 0.5) is 18.9 Å². The topological polar surface area (TPSA) is 29.1 Å². The van der Waals surface area contributed by atoms with E-state index >= 15 is 0 Å². The lowest BCUT2D eigenvalue weighted by Gasteiger charge is -2.16. The highest BCUT2D eigenvalue weighted by Gasteiger charge is 2.30. The van der Waals surface area contributed by atoms with Crippen molar-refractivity contribution < 1.29 is 18.0 Å². The highest BCUT2D eigenvalue weighted by molar-refractivity contribution is 5.92. The summed E-state index contributed by atoms with van der Waals surface area (Å²) in [4.78, 5) is 12.3. The van der Waals surface area contributed by atoms with E-state index in [0.29, 0.717) is 17.4 Å². The molecule has 0 saturated carbocycles. The van der Waals surface area contributed by atoms with Crippen molar-refractivity contribution in [3.8, 4) is 0 Å². The molecular formula is C22H24F3NO. The number of alkyl halides is 3. The largest absolute Gasteiger partial charge is 0.416 e. The molecule has 1 aliphatic rings. The molecule has 2 nitrogen and oxygen atoms in total. The molecule has 0 aromatic heterocycles. The van der Waals surface area contributed by atoms with Crippen LogP contribution in [0.25, 0.3) is 0 Å². The lowest BCUT2D eigenvalue weighted by atomic mass is 9.90. The van der Waals surface area contributed by atoms with E-state index in [4.69, 9.17) is 0 Å². The second-order valence-electron chi connectivity index (χ2n) is 7.60. The Morgan fingerprint density at radius 2 is 1.74 bits per heavy atom. The summed E-state index contributed by atoms with van der Waals surface area (Å²) in [5.41, 5.74) is 3.21. The number of nitrogens with one attached hydrogen (secondary N) is 1. The molecule has 1 amide bonds. The number of fused-ring (bicyclic) bond motifs is 1. The van der Waals surface area contributed by atoms with Crippen molar-refractivity contribution in [1.82, 2.24) is 0 Å². The van der Waals surface area contributed by atoms with E-state index in [1.807, 2.05) is 12.1 Å². The third-order valence-corrected chi connectivity index (χ3v) is 5.52. The van der Waals surface area contributed by atoms with Crippen molar-refractivity contribution in [3.05, 3.63) is 64.7 Å². The van der Waals surface area contributed by atoms with Crippen LogP contribution in [0.5, 0.6) is 0 Å². The van der Waals surface area contributed by atoms with Gasteiger partial charge in [-0.05, 0) is 72.1 Å². The monoisotopic (exact) mass is 375 g/mol. The van der Waals surface area contributed by atoms with Gasteiger partial charge in [0, 0.05) is 5.69 Å². The first kappa shape index (κ1) is 19.5. The number of hydrogen-bond acceptors (Lipinski definition) is 1. The van der Waals surface area contributed by atoms with Gasteiger partial charge in [-0.15, -0.1) is 0 Å². The zero-order valence-corrected chi connectivity index (χ0v) is 15.6. The Kier molecular flexibility index (Phi) is 5.59. The van der Waals surface area contributed by atoms with Gasteiger partial charge in [0.05, 0.1) is 12.0 Å². The van der Waals surface area contributed by atoms with Crippen molar-refractivity contribution >= 4 is 11.6 Å². The number of halogens is 3. The van der Waals surface area contributed by atoms with Gasteiger partial charge >= 0.3 is 6.18 Å². The molecule has 0 heterocycles. The predicted octanol–water partition coefficient (Wildman–Crippen LogP) is 5.65. The van der Waals surface area contributed by atoms with E-state index in [1.165, 1.54) is 29.7 Å². The van der Waals surface area contributed by atoms with Gasteiger partial charge in [0.1, 0.15) is 0 Å². The fraction of sp³-hybridized carbons (Fsp3) is 0.409. The molecule has 1 unspecified atom stereocenters. The second-order valence-corrected chi connectivity index (χ2v) is 7.60. The van der Waals surface area contributed by atoms with Crippen molar-refractivity contribution in [2.75, 3.05) is 5.32 Å². The van der Waals surface area contributed by atoms with E-state index in [1.54, 1.807) is 0 Å². The van der Waals surface area contributed by atoms with Crippen LogP contribution in [0.3, 0.4) is 0 Å². The van der Waals surface area contributed by atoms with Crippen LogP contribution < -0.4 is 5.32 Å². The zero-order valence-electron chi connectivity index (χ0n) is 15.6. The normalized spacial score (nSPS) is 19.9. The average molecular weight is 375 g/mol. The number of hydrogen-bond donors (Lipinski definition) is 1. The van der Waals surface area contributed by atoms with Crippen LogP contribution in [-0.2, 0) is 30.2 Å². The smallest absolute Gasteiger partial charge is 0.326 e. The molecule has 2 aromatic carbocycles. The molecular weight excluding hydrogens is 351 g/mol. The predicted molar refractivity (Wildman–Crippen MR) is 101 cm³/mol. The molecule has 0 radical (unpaired) electrons. The fourth-order valence-electron chi connectivity index (χ4n) is 3.56. The molecule has 0 fully saturated rings. The molecule has 3 rings (SSSR count). The van der Waals surface area contributed by atoms with Gasteiger partial charge in [0.25, 0.3) is 0 Å². The van der Waals surface area contributed by atoms with Crippen molar-refractivity contribution in [3.63, 3.8) is 0 Å². The van der Waals surface area contributed by atoms with Gasteiger partial charge in [0.2, 0.25) is 5.91 Å². The Labute approximate surface area is 157 Å². The van der Waals surface area contributed by atoms with Crippen molar-refractivity contribution in [1.29, 1.82) is 0 Å². The highest BCUT2D eigenvalue weighted by Crippen LogP contribution is 2.31. The van der Waals surface area contributed by atoms with Gasteiger partial charge in [-0.25, -0.2) is 0 Å². The van der Waals surface area contributed by atoms with Crippen LogP contribution >= 0.6 is 0 Å². The quantitative estimate of drug-likeness (QED) is 0.691. The molecule has 1 N–H and O–H groups in total. The van der Waals surface area contributed by atoms with Crippen LogP contribution in [-0.4, -0.2) is 5.91 Å². The van der Waals surface area contributed by atoms with Crippen LogP contribution in [0.2, 0.25) is 0 Å². The average Bonchev–Trinajstić information content (AvgIpc) is 2.73. The van der Waals surface area contributed by atoms with Crippen LogP contribution in [0.1, 0.15) is 42.5 Å². The third kappa shape index (κ3) is 4.90. The Balaban J connectivity index is 1.65. The third-order valence-electron chi connectivity index (χ3n) is 5.52. The van der Waals surface area contributed by atoms with E-state index in [2.05, 4.69) is 25.2 Å². The van der Waals surface area contributed by atoms with Gasteiger partial charge < -0.3 is 5.32 Å². The van der Waals surface area contributed by atoms with Crippen molar-refractivity contribution in [2.24, 2.45) is 11.8 Å². The number of amides is 1. The molecule has 2 aromatic rings. The first-order valence-corrected chi connectivity index (χ1v) is 9.30. The molecule has 0 aliphatic heterocycles. The van der Waals surface area contributed by atoms with Gasteiger partial charge in [-0.3, -0.25) is 4.79 Å². The molecule has 5 heteroatoms. The fourth-order valence-corrected chi connectivity index (χ4v) is 3.56. The lowest BCUT2D eigenvalue weighted by Crippen LogP contribution is -2.15. The summed E-state index contributed by atoms with van der Waals surface area (Å²) < 4.78 is 37.8. The minimum Gasteiger partial charge on any atom is -0.326 e. The molecule has 0 bridgehead atoms. The number of rotatable bonds is 3. The minimum atomic E-state index is -4.36. The summed E-state index contributed by atoms with van der Waals surface area (Å²) >= 11 is 0. The standard InChI is InChI=1S/C22H24F3NO/c1-14-3-6-17-7-10-20(13-18(17)11-15(14)2)26-21(27)12-16-4-8-19(9-5-16)22(23,24)25/h4-5,7-10,13-15H,3,6,11-12H2,1-2H3,(H,26,27)/t14?,15-/m1/s1. The van der Waals surface area contributed by atoms with E-state index < -0.39 is 11.7 Å². The summed E-state index contributed by atoms with van der Waals surface area (Å²) in [6.07, 6.45) is -1.09. The maximum absolute atomic E-state index is 12.6. The Morgan fingerprint density at radius 3 is 2.41 bits per heavy atom. The Bertz CT molecular complexity index is 811. The van der Waals surface area contributed by atoms with E-state index in [-0.39, 0.29) is 12.3 Å². The number of aryl methyl sites for hydroxylation is 1.